The van der Waals surface area contributed by atoms with E-state index < -0.39 is 21.5 Å². The molecule has 0 radical (unpaired) electrons. The Morgan fingerprint density at radius 3 is 2.64 bits per heavy atom. The Labute approximate surface area is 131 Å². The molecule has 0 unspecified atom stereocenters. The number of sulfone groups is 1. The SMILES string of the molecule is C[C@H](CCc1ccc(F)c(F)c1)N[C@@H]1CCC[C@@H]1S(C)(=O)=O. The second kappa shape index (κ2) is 7.04. The van der Waals surface area contributed by atoms with E-state index in [2.05, 4.69) is 5.32 Å². The van der Waals surface area contributed by atoms with Gasteiger partial charge >= 0.3 is 0 Å². The normalized spacial score (nSPS) is 23.6. The smallest absolute Gasteiger partial charge is 0.159 e. The van der Waals surface area contributed by atoms with Crippen molar-refractivity contribution < 1.29 is 17.2 Å². The van der Waals surface area contributed by atoms with Gasteiger partial charge in [-0.05, 0) is 50.3 Å². The van der Waals surface area contributed by atoms with Crippen molar-refractivity contribution in [3.05, 3.63) is 35.4 Å². The Balaban J connectivity index is 1.87. The minimum atomic E-state index is -3.03. The highest BCUT2D eigenvalue weighted by Gasteiger charge is 2.35. The number of nitrogens with one attached hydrogen (secondary N) is 1. The Kier molecular flexibility index (Phi) is 5.55. The van der Waals surface area contributed by atoms with E-state index in [1.54, 1.807) is 6.07 Å². The van der Waals surface area contributed by atoms with Crippen LogP contribution in [-0.4, -0.2) is 32.0 Å². The van der Waals surface area contributed by atoms with Gasteiger partial charge in [-0.3, -0.25) is 0 Å². The average Bonchev–Trinajstić information content (AvgIpc) is 2.88. The molecule has 6 heteroatoms. The molecule has 1 aliphatic rings. The summed E-state index contributed by atoms with van der Waals surface area (Å²) >= 11 is 0. The molecule has 22 heavy (non-hydrogen) atoms. The largest absolute Gasteiger partial charge is 0.310 e. The second-order valence-electron chi connectivity index (χ2n) is 6.26. The highest BCUT2D eigenvalue weighted by atomic mass is 32.2. The quantitative estimate of drug-likeness (QED) is 0.872. The Morgan fingerprint density at radius 1 is 1.27 bits per heavy atom. The minimum Gasteiger partial charge on any atom is -0.310 e. The molecule has 1 aliphatic carbocycles. The van der Waals surface area contributed by atoms with Gasteiger partial charge < -0.3 is 5.32 Å². The molecule has 3 nitrogen and oxygen atoms in total. The maximum atomic E-state index is 13.2. The molecular formula is C16H23F2NO2S. The fourth-order valence-electron chi connectivity index (χ4n) is 3.16. The predicted molar refractivity (Wildman–Crippen MR) is 83.5 cm³/mol. The summed E-state index contributed by atoms with van der Waals surface area (Å²) in [6.45, 7) is 2.00. The van der Waals surface area contributed by atoms with Crippen LogP contribution in [0.1, 0.15) is 38.2 Å². The number of rotatable bonds is 6. The Hall–Kier alpha value is -1.01. The average molecular weight is 331 g/mol. The van der Waals surface area contributed by atoms with Crippen molar-refractivity contribution in [2.24, 2.45) is 0 Å². The second-order valence-corrected chi connectivity index (χ2v) is 8.52. The van der Waals surface area contributed by atoms with E-state index in [1.807, 2.05) is 6.92 Å². The maximum absolute atomic E-state index is 13.2. The van der Waals surface area contributed by atoms with Crippen LogP contribution in [0.25, 0.3) is 0 Å². The van der Waals surface area contributed by atoms with E-state index in [9.17, 15) is 17.2 Å². The lowest BCUT2D eigenvalue weighted by Gasteiger charge is -2.24. The van der Waals surface area contributed by atoms with Gasteiger partial charge in [0.05, 0.1) is 5.25 Å². The van der Waals surface area contributed by atoms with Crippen LogP contribution in [0.5, 0.6) is 0 Å². The van der Waals surface area contributed by atoms with E-state index in [0.717, 1.165) is 30.9 Å². The van der Waals surface area contributed by atoms with Crippen molar-refractivity contribution >= 4 is 9.84 Å². The zero-order valence-electron chi connectivity index (χ0n) is 13.0. The van der Waals surface area contributed by atoms with Crippen LogP contribution in [0.15, 0.2) is 18.2 Å². The van der Waals surface area contributed by atoms with Crippen molar-refractivity contribution in [2.75, 3.05) is 6.26 Å². The summed E-state index contributed by atoms with van der Waals surface area (Å²) in [5.41, 5.74) is 0.749. The number of hydrogen-bond acceptors (Lipinski definition) is 3. The first-order valence-electron chi connectivity index (χ1n) is 7.66. The molecule has 1 aromatic rings. The van der Waals surface area contributed by atoms with Crippen LogP contribution in [0, 0.1) is 11.6 Å². The Bertz CT molecular complexity index is 619. The molecule has 0 saturated heterocycles. The molecule has 2 rings (SSSR count). The lowest BCUT2D eigenvalue weighted by atomic mass is 10.0. The monoisotopic (exact) mass is 331 g/mol. The molecule has 0 bridgehead atoms. The maximum Gasteiger partial charge on any atom is 0.159 e. The summed E-state index contributed by atoms with van der Waals surface area (Å²) in [5.74, 6) is -1.66. The predicted octanol–water partition coefficient (Wildman–Crippen LogP) is 2.84. The van der Waals surface area contributed by atoms with Gasteiger partial charge in [-0.1, -0.05) is 12.5 Å². The van der Waals surface area contributed by atoms with Gasteiger partial charge in [0.1, 0.15) is 0 Å². The molecule has 1 aromatic carbocycles. The van der Waals surface area contributed by atoms with E-state index in [1.165, 1.54) is 12.3 Å². The summed E-state index contributed by atoms with van der Waals surface area (Å²) in [5, 5.41) is 3.08. The minimum absolute atomic E-state index is 0.00467. The number of hydrogen-bond donors (Lipinski definition) is 1. The molecule has 1 fully saturated rings. The molecule has 0 aliphatic heterocycles. The van der Waals surface area contributed by atoms with Crippen LogP contribution in [0.3, 0.4) is 0 Å². The van der Waals surface area contributed by atoms with Crippen LogP contribution in [0.4, 0.5) is 8.78 Å². The molecule has 0 amide bonds. The molecular weight excluding hydrogens is 308 g/mol. The van der Waals surface area contributed by atoms with Gasteiger partial charge in [-0.15, -0.1) is 0 Å². The summed E-state index contributed by atoms with van der Waals surface area (Å²) < 4.78 is 49.5. The number of halogens is 2. The van der Waals surface area contributed by atoms with E-state index >= 15 is 0 Å². The standard InChI is InChI=1S/C16H23F2NO2S/c1-11(6-7-12-8-9-13(17)14(18)10-12)19-15-4-3-5-16(15)22(2,20)21/h8-11,15-16,19H,3-7H2,1-2H3/t11-,15-,16+/m1/s1. The molecule has 0 spiro atoms. The van der Waals surface area contributed by atoms with Gasteiger partial charge in [-0.25, -0.2) is 17.2 Å². The number of aryl methyl sites for hydroxylation is 1. The molecule has 124 valence electrons. The Morgan fingerprint density at radius 2 is 2.00 bits per heavy atom. The molecule has 0 heterocycles. The molecule has 1 saturated carbocycles. The van der Waals surface area contributed by atoms with Crippen molar-refractivity contribution in [1.29, 1.82) is 0 Å². The molecule has 1 N–H and O–H groups in total. The van der Waals surface area contributed by atoms with Crippen molar-refractivity contribution in [3.63, 3.8) is 0 Å². The fourth-order valence-corrected chi connectivity index (χ4v) is 4.56. The summed E-state index contributed by atoms with van der Waals surface area (Å²) in [4.78, 5) is 0. The van der Waals surface area contributed by atoms with Gasteiger partial charge in [0, 0.05) is 18.3 Å². The summed E-state index contributed by atoms with van der Waals surface area (Å²) in [6.07, 6.45) is 5.17. The van der Waals surface area contributed by atoms with Gasteiger partial charge in [0.15, 0.2) is 21.5 Å². The van der Waals surface area contributed by atoms with E-state index in [-0.39, 0.29) is 17.3 Å². The van der Waals surface area contributed by atoms with Crippen molar-refractivity contribution in [2.45, 2.75) is 56.4 Å². The third kappa shape index (κ3) is 4.49. The first-order valence-corrected chi connectivity index (χ1v) is 9.61. The van der Waals surface area contributed by atoms with Gasteiger partial charge in [0.25, 0.3) is 0 Å². The summed E-state index contributed by atoms with van der Waals surface area (Å²) in [7, 11) is -3.03. The molecule has 0 aromatic heterocycles. The van der Waals surface area contributed by atoms with Crippen LogP contribution in [-0.2, 0) is 16.3 Å². The van der Waals surface area contributed by atoms with Gasteiger partial charge in [-0.2, -0.15) is 0 Å². The van der Waals surface area contributed by atoms with Crippen LogP contribution < -0.4 is 5.32 Å². The third-order valence-electron chi connectivity index (χ3n) is 4.35. The molecule has 3 atom stereocenters. The highest BCUT2D eigenvalue weighted by Crippen LogP contribution is 2.25. The van der Waals surface area contributed by atoms with Crippen molar-refractivity contribution in [1.82, 2.24) is 5.32 Å². The lowest BCUT2D eigenvalue weighted by Crippen LogP contribution is -2.44. The first kappa shape index (κ1) is 17.3. The van der Waals surface area contributed by atoms with Crippen LogP contribution in [0.2, 0.25) is 0 Å². The zero-order chi connectivity index (χ0) is 16.3. The van der Waals surface area contributed by atoms with Gasteiger partial charge in [0.2, 0.25) is 0 Å². The lowest BCUT2D eigenvalue weighted by molar-refractivity contribution is 0.428. The van der Waals surface area contributed by atoms with E-state index in [4.69, 9.17) is 0 Å². The first-order chi connectivity index (χ1) is 10.3. The number of benzene rings is 1. The summed E-state index contributed by atoms with van der Waals surface area (Å²) in [6, 6.07) is 4.06. The van der Waals surface area contributed by atoms with Crippen molar-refractivity contribution in [3.8, 4) is 0 Å². The topological polar surface area (TPSA) is 46.2 Å². The van der Waals surface area contributed by atoms with Crippen LogP contribution >= 0.6 is 0 Å². The highest BCUT2D eigenvalue weighted by molar-refractivity contribution is 7.91. The fraction of sp³-hybridized carbons (Fsp3) is 0.625. The third-order valence-corrected chi connectivity index (χ3v) is 6.02. The zero-order valence-corrected chi connectivity index (χ0v) is 13.8. The van der Waals surface area contributed by atoms with E-state index in [0.29, 0.717) is 12.8 Å².